The topological polar surface area (TPSA) is 84.1 Å². The molecule has 142 valence electrons. The van der Waals surface area contributed by atoms with Crippen LogP contribution >= 0.6 is 11.3 Å². The van der Waals surface area contributed by atoms with Gasteiger partial charge in [0.15, 0.2) is 0 Å². The summed E-state index contributed by atoms with van der Waals surface area (Å²) < 4.78 is 13.0. The number of anilines is 2. The van der Waals surface area contributed by atoms with Gasteiger partial charge in [0.05, 0.1) is 18.0 Å². The molecular weight excluding hydrogens is 365 g/mol. The second-order valence-corrected chi connectivity index (χ2v) is 7.78. The Hall–Kier alpha value is -2.58. The number of aromatic nitrogens is 2. The lowest BCUT2D eigenvalue weighted by Gasteiger charge is -2.23. The zero-order valence-electron chi connectivity index (χ0n) is 15.7. The molecule has 0 spiro atoms. The number of fused-ring (bicyclic) bond motifs is 1. The zero-order chi connectivity index (χ0) is 19.7. The Morgan fingerprint density at radius 1 is 1.30 bits per heavy atom. The Morgan fingerprint density at radius 2 is 1.96 bits per heavy atom. The van der Waals surface area contributed by atoms with Gasteiger partial charge in [0.2, 0.25) is 5.91 Å². The number of nitrogen functional groups attached to an aromatic ring is 1. The van der Waals surface area contributed by atoms with E-state index in [4.69, 9.17) is 5.73 Å². The van der Waals surface area contributed by atoms with Crippen molar-refractivity contribution in [3.8, 4) is 0 Å². The van der Waals surface area contributed by atoms with Crippen LogP contribution in [0.4, 0.5) is 15.9 Å². The molecule has 0 fully saturated rings. The first-order chi connectivity index (χ1) is 12.8. The lowest BCUT2D eigenvalue weighted by atomic mass is 10.2. The smallest absolute Gasteiger partial charge is 0.238 e. The van der Waals surface area contributed by atoms with Gasteiger partial charge >= 0.3 is 0 Å². The number of hydrogen-bond donors (Lipinski definition) is 2. The molecule has 6 nitrogen and oxygen atoms in total. The second-order valence-electron chi connectivity index (χ2n) is 6.58. The van der Waals surface area contributed by atoms with E-state index in [2.05, 4.69) is 15.3 Å². The number of likely N-dealkylation sites (N-methyl/N-ethyl adjacent to an activating group) is 1. The Morgan fingerprint density at radius 3 is 2.63 bits per heavy atom. The van der Waals surface area contributed by atoms with Gasteiger partial charge in [-0.15, -0.1) is 11.3 Å². The van der Waals surface area contributed by atoms with E-state index >= 15 is 0 Å². The maximum absolute atomic E-state index is 13.0. The monoisotopic (exact) mass is 387 g/mol. The number of halogens is 1. The van der Waals surface area contributed by atoms with E-state index in [0.717, 1.165) is 15.8 Å². The highest BCUT2D eigenvalue weighted by Crippen LogP contribution is 2.33. The summed E-state index contributed by atoms with van der Waals surface area (Å²) in [5.74, 6) is 0.502. The van der Waals surface area contributed by atoms with E-state index in [1.165, 1.54) is 29.1 Å². The molecule has 2 aromatic heterocycles. The number of carbonyl (C=O) groups excluding carboxylic acids is 1. The highest BCUT2D eigenvalue weighted by Gasteiger charge is 2.20. The molecule has 27 heavy (non-hydrogen) atoms. The number of aryl methyl sites for hydroxylation is 2. The summed E-state index contributed by atoms with van der Waals surface area (Å²) in [5.41, 5.74) is 7.81. The minimum atomic E-state index is -0.345. The van der Waals surface area contributed by atoms with Crippen molar-refractivity contribution in [2.75, 3.05) is 24.6 Å². The number of nitrogens with one attached hydrogen (secondary N) is 1. The third-order valence-corrected chi connectivity index (χ3v) is 5.73. The normalized spacial score (nSPS) is 12.5. The van der Waals surface area contributed by atoms with Gasteiger partial charge in [0, 0.05) is 10.6 Å². The van der Waals surface area contributed by atoms with E-state index in [9.17, 15) is 9.18 Å². The van der Waals surface area contributed by atoms with Gasteiger partial charge in [-0.2, -0.15) is 0 Å². The predicted octanol–water partition coefficient (Wildman–Crippen LogP) is 3.66. The van der Waals surface area contributed by atoms with Gasteiger partial charge in [0.25, 0.3) is 0 Å². The number of nitrogens with two attached hydrogens (primary N) is 1. The molecule has 3 rings (SSSR count). The molecule has 2 heterocycles. The molecule has 0 saturated carbocycles. The van der Waals surface area contributed by atoms with E-state index < -0.39 is 0 Å². The van der Waals surface area contributed by atoms with E-state index in [-0.39, 0.29) is 24.3 Å². The summed E-state index contributed by atoms with van der Waals surface area (Å²) in [6, 6.07) is 5.46. The molecule has 1 unspecified atom stereocenters. The van der Waals surface area contributed by atoms with Crippen molar-refractivity contribution in [2.45, 2.75) is 26.8 Å². The summed E-state index contributed by atoms with van der Waals surface area (Å²) in [4.78, 5) is 25.2. The van der Waals surface area contributed by atoms with Crippen molar-refractivity contribution in [1.82, 2.24) is 14.9 Å². The van der Waals surface area contributed by atoms with E-state index in [0.29, 0.717) is 17.3 Å². The lowest BCUT2D eigenvalue weighted by Crippen LogP contribution is -2.33. The minimum absolute atomic E-state index is 0.141. The Balaban J connectivity index is 1.73. The van der Waals surface area contributed by atoms with Crippen molar-refractivity contribution in [2.24, 2.45) is 0 Å². The van der Waals surface area contributed by atoms with Crippen molar-refractivity contribution in [1.29, 1.82) is 0 Å². The Labute approximate surface area is 161 Å². The van der Waals surface area contributed by atoms with Crippen LogP contribution in [0.15, 0.2) is 24.3 Å². The van der Waals surface area contributed by atoms with Gasteiger partial charge in [-0.05, 0) is 57.6 Å². The summed E-state index contributed by atoms with van der Waals surface area (Å²) in [6.45, 7) is 6.13. The summed E-state index contributed by atoms with van der Waals surface area (Å²) in [5, 5.41) is 3.66. The molecule has 1 atom stereocenters. The maximum Gasteiger partial charge on any atom is 0.238 e. The Bertz CT molecular complexity index is 986. The summed E-state index contributed by atoms with van der Waals surface area (Å²) >= 11 is 1.59. The van der Waals surface area contributed by atoms with E-state index in [1.807, 2.05) is 32.7 Å². The average molecular weight is 387 g/mol. The van der Waals surface area contributed by atoms with Gasteiger partial charge < -0.3 is 11.1 Å². The van der Waals surface area contributed by atoms with Gasteiger partial charge in [0.1, 0.15) is 22.3 Å². The summed E-state index contributed by atoms with van der Waals surface area (Å²) in [6.07, 6.45) is 0. The molecule has 3 aromatic rings. The first-order valence-electron chi connectivity index (χ1n) is 8.55. The van der Waals surface area contributed by atoms with Crippen LogP contribution in [0.5, 0.6) is 0 Å². The largest absolute Gasteiger partial charge is 0.383 e. The molecule has 0 radical (unpaired) electrons. The van der Waals surface area contributed by atoms with Gasteiger partial charge in [-0.25, -0.2) is 14.4 Å². The molecule has 3 N–H and O–H groups in total. The fourth-order valence-corrected chi connectivity index (χ4v) is 3.82. The van der Waals surface area contributed by atoms with Crippen LogP contribution in [0.1, 0.15) is 29.2 Å². The number of thiophene rings is 1. The molecule has 8 heteroatoms. The number of nitrogens with zero attached hydrogens (tertiary/aromatic N) is 3. The molecule has 1 amide bonds. The second kappa shape index (κ2) is 7.58. The number of benzene rings is 1. The van der Waals surface area contributed by atoms with Crippen LogP contribution in [-0.2, 0) is 4.79 Å². The maximum atomic E-state index is 13.0. The first-order valence-corrected chi connectivity index (χ1v) is 9.36. The fraction of sp³-hybridized carbons (Fsp3) is 0.316. The molecule has 0 aliphatic carbocycles. The summed E-state index contributed by atoms with van der Waals surface area (Å²) in [7, 11) is 1.82. The van der Waals surface area contributed by atoms with Crippen molar-refractivity contribution >= 4 is 39.0 Å². The van der Waals surface area contributed by atoms with Crippen LogP contribution in [0, 0.1) is 19.7 Å². The lowest BCUT2D eigenvalue weighted by molar-refractivity contribution is -0.117. The SMILES string of the molecule is Cc1sc2nc(C(C)N(C)CC(=O)Nc3ccc(F)cc3)nc(N)c2c1C. The highest BCUT2D eigenvalue weighted by atomic mass is 32.1. The predicted molar refractivity (Wildman–Crippen MR) is 107 cm³/mol. The van der Waals surface area contributed by atoms with Crippen LogP contribution in [0.3, 0.4) is 0 Å². The van der Waals surface area contributed by atoms with E-state index in [1.54, 1.807) is 11.3 Å². The number of rotatable bonds is 5. The number of amides is 1. The van der Waals surface area contributed by atoms with Crippen LogP contribution in [0.2, 0.25) is 0 Å². The molecule has 1 aromatic carbocycles. The number of carbonyl (C=O) groups is 1. The minimum Gasteiger partial charge on any atom is -0.383 e. The fourth-order valence-electron chi connectivity index (χ4n) is 2.78. The van der Waals surface area contributed by atoms with Crippen molar-refractivity contribution in [3.63, 3.8) is 0 Å². The first kappa shape index (κ1) is 19.2. The third-order valence-electron chi connectivity index (χ3n) is 4.63. The van der Waals surface area contributed by atoms with Gasteiger partial charge in [-0.1, -0.05) is 0 Å². The number of hydrogen-bond acceptors (Lipinski definition) is 6. The Kier molecular flexibility index (Phi) is 5.38. The van der Waals surface area contributed by atoms with Crippen LogP contribution in [-0.4, -0.2) is 34.4 Å². The van der Waals surface area contributed by atoms with Gasteiger partial charge in [-0.3, -0.25) is 9.69 Å². The average Bonchev–Trinajstić information content (AvgIpc) is 2.90. The highest BCUT2D eigenvalue weighted by molar-refractivity contribution is 7.18. The van der Waals surface area contributed by atoms with Crippen molar-refractivity contribution < 1.29 is 9.18 Å². The third kappa shape index (κ3) is 4.06. The standard InChI is InChI=1S/C19H22FN5OS/c1-10-12(3)27-19-16(10)17(21)23-18(24-19)11(2)25(4)9-15(26)22-14-7-5-13(20)6-8-14/h5-8,11H,9H2,1-4H3,(H,22,26)(H2,21,23,24). The molecular formula is C19H22FN5OS. The van der Waals surface area contributed by atoms with Crippen molar-refractivity contribution in [3.05, 3.63) is 46.3 Å². The quantitative estimate of drug-likeness (QED) is 0.698. The zero-order valence-corrected chi connectivity index (χ0v) is 16.5. The molecule has 0 saturated heterocycles. The molecule has 0 bridgehead atoms. The molecule has 0 aliphatic rings. The van der Waals surface area contributed by atoms with Crippen LogP contribution < -0.4 is 11.1 Å². The van der Waals surface area contributed by atoms with Crippen LogP contribution in [0.25, 0.3) is 10.2 Å². The molecule has 0 aliphatic heterocycles.